The minimum atomic E-state index is -3.50. The highest BCUT2D eigenvalue weighted by molar-refractivity contribution is 7.94. The molecule has 1 aromatic heterocycles. The number of para-hydroxylation sites is 1. The van der Waals surface area contributed by atoms with E-state index in [1.165, 1.54) is 11.3 Å². The molecule has 0 amide bonds. The lowest BCUT2D eigenvalue weighted by Crippen LogP contribution is -2.20. The molecule has 20 heavy (non-hydrogen) atoms. The van der Waals surface area contributed by atoms with E-state index in [0.29, 0.717) is 9.90 Å². The zero-order chi connectivity index (χ0) is 14.6. The number of anilines is 1. The smallest absolute Gasteiger partial charge is 0.271 e. The summed E-state index contributed by atoms with van der Waals surface area (Å²) in [6.07, 6.45) is 0. The van der Waals surface area contributed by atoms with Crippen LogP contribution in [0.15, 0.2) is 46.0 Å². The lowest BCUT2D eigenvalue weighted by molar-refractivity contribution is 0.596. The summed E-state index contributed by atoms with van der Waals surface area (Å²) in [5.41, 5.74) is 1.56. The third-order valence-corrected chi connectivity index (χ3v) is 5.70. The van der Waals surface area contributed by atoms with Crippen LogP contribution in [0, 0.1) is 0 Å². The van der Waals surface area contributed by atoms with Gasteiger partial charge in [-0.05, 0) is 36.5 Å². The maximum atomic E-state index is 12.3. The maximum Gasteiger partial charge on any atom is 0.271 e. The molecule has 0 radical (unpaired) electrons. The number of rotatable bonds is 6. The molecule has 2 N–H and O–H groups in total. The molecule has 2 aromatic rings. The molecular formula is C14H18N2O2S2. The van der Waals surface area contributed by atoms with Crippen molar-refractivity contribution in [2.45, 2.75) is 24.1 Å². The van der Waals surface area contributed by atoms with Crippen LogP contribution in [0.4, 0.5) is 5.69 Å². The van der Waals surface area contributed by atoms with E-state index in [0.717, 1.165) is 12.1 Å². The van der Waals surface area contributed by atoms with Crippen LogP contribution < -0.4 is 10.0 Å². The molecule has 1 atom stereocenters. The summed E-state index contributed by atoms with van der Waals surface area (Å²) in [6.45, 7) is 4.86. The normalized spacial score (nSPS) is 13.1. The van der Waals surface area contributed by atoms with Crippen molar-refractivity contribution in [3.63, 3.8) is 0 Å². The summed E-state index contributed by atoms with van der Waals surface area (Å²) in [4.78, 5) is 0. The molecule has 108 valence electrons. The van der Waals surface area contributed by atoms with Gasteiger partial charge >= 0.3 is 0 Å². The monoisotopic (exact) mass is 310 g/mol. The Morgan fingerprint density at radius 2 is 1.95 bits per heavy atom. The summed E-state index contributed by atoms with van der Waals surface area (Å²) >= 11 is 1.21. The van der Waals surface area contributed by atoms with Gasteiger partial charge in [-0.3, -0.25) is 4.72 Å². The fourth-order valence-electron chi connectivity index (χ4n) is 2.00. The van der Waals surface area contributed by atoms with Crippen molar-refractivity contribution < 1.29 is 8.42 Å². The van der Waals surface area contributed by atoms with E-state index in [4.69, 9.17) is 0 Å². The summed E-state index contributed by atoms with van der Waals surface area (Å²) in [6, 6.07) is 10.9. The largest absolute Gasteiger partial charge is 0.310 e. The van der Waals surface area contributed by atoms with E-state index in [2.05, 4.69) is 10.0 Å². The Morgan fingerprint density at radius 1 is 1.20 bits per heavy atom. The number of thiophene rings is 1. The number of nitrogens with one attached hydrogen (secondary N) is 2. The lowest BCUT2D eigenvalue weighted by atomic mass is 10.1. The molecule has 1 heterocycles. The molecule has 4 nitrogen and oxygen atoms in total. The summed E-state index contributed by atoms with van der Waals surface area (Å²) in [7, 11) is -3.50. The van der Waals surface area contributed by atoms with E-state index in [1.54, 1.807) is 23.6 Å². The molecule has 0 bridgehead atoms. The van der Waals surface area contributed by atoms with Gasteiger partial charge in [0.05, 0.1) is 5.69 Å². The van der Waals surface area contributed by atoms with Gasteiger partial charge in [-0.1, -0.05) is 31.2 Å². The fraction of sp³-hybridized carbons (Fsp3) is 0.286. The molecule has 0 saturated heterocycles. The molecule has 1 aromatic carbocycles. The number of benzene rings is 1. The minimum Gasteiger partial charge on any atom is -0.310 e. The second-order valence-electron chi connectivity index (χ2n) is 4.40. The Bertz CT molecular complexity index is 652. The molecule has 0 saturated carbocycles. The van der Waals surface area contributed by atoms with Crippen LogP contribution in [0.5, 0.6) is 0 Å². The number of hydrogen-bond donors (Lipinski definition) is 2. The lowest BCUT2D eigenvalue weighted by Gasteiger charge is -2.17. The zero-order valence-electron chi connectivity index (χ0n) is 11.5. The van der Waals surface area contributed by atoms with Crippen molar-refractivity contribution in [3.8, 4) is 0 Å². The Hall–Kier alpha value is -1.37. The number of hydrogen-bond acceptors (Lipinski definition) is 4. The van der Waals surface area contributed by atoms with Crippen molar-refractivity contribution in [1.82, 2.24) is 5.32 Å². The summed E-state index contributed by atoms with van der Waals surface area (Å²) in [5, 5.41) is 5.04. The van der Waals surface area contributed by atoms with E-state index >= 15 is 0 Å². The number of sulfonamides is 1. The third-order valence-electron chi connectivity index (χ3n) is 2.94. The predicted molar refractivity (Wildman–Crippen MR) is 83.7 cm³/mol. The first-order valence-electron chi connectivity index (χ1n) is 6.43. The zero-order valence-corrected chi connectivity index (χ0v) is 13.1. The molecule has 2 rings (SSSR count). The van der Waals surface area contributed by atoms with Crippen molar-refractivity contribution in [1.29, 1.82) is 0 Å². The van der Waals surface area contributed by atoms with Crippen LogP contribution in [0.1, 0.15) is 25.5 Å². The Kier molecular flexibility index (Phi) is 4.80. The highest BCUT2D eigenvalue weighted by Crippen LogP contribution is 2.26. The van der Waals surface area contributed by atoms with Crippen LogP contribution in [0.3, 0.4) is 0 Å². The molecule has 0 spiro atoms. The molecule has 0 aliphatic carbocycles. The highest BCUT2D eigenvalue weighted by atomic mass is 32.2. The quantitative estimate of drug-likeness (QED) is 0.861. The molecular weight excluding hydrogens is 292 g/mol. The second-order valence-corrected chi connectivity index (χ2v) is 7.26. The van der Waals surface area contributed by atoms with Gasteiger partial charge in [0.15, 0.2) is 0 Å². The second kappa shape index (κ2) is 6.39. The minimum absolute atomic E-state index is 0.0854. The Morgan fingerprint density at radius 3 is 2.60 bits per heavy atom. The predicted octanol–water partition coefficient (Wildman–Crippen LogP) is 3.22. The molecule has 6 heteroatoms. The summed E-state index contributed by atoms with van der Waals surface area (Å²) < 4.78 is 27.5. The van der Waals surface area contributed by atoms with Crippen LogP contribution >= 0.6 is 11.3 Å². The van der Waals surface area contributed by atoms with E-state index < -0.39 is 10.0 Å². The first kappa shape index (κ1) is 15.0. The van der Waals surface area contributed by atoms with Crippen LogP contribution in [-0.4, -0.2) is 15.0 Å². The van der Waals surface area contributed by atoms with Crippen molar-refractivity contribution in [2.75, 3.05) is 11.3 Å². The van der Waals surface area contributed by atoms with Crippen molar-refractivity contribution >= 4 is 27.0 Å². The molecule has 1 unspecified atom stereocenters. The topological polar surface area (TPSA) is 58.2 Å². The molecule has 0 aliphatic heterocycles. The molecule has 0 fully saturated rings. The third kappa shape index (κ3) is 3.39. The highest BCUT2D eigenvalue weighted by Gasteiger charge is 2.18. The average Bonchev–Trinajstić information content (AvgIpc) is 2.94. The van der Waals surface area contributed by atoms with E-state index in [9.17, 15) is 8.42 Å². The average molecular weight is 310 g/mol. The fourth-order valence-corrected chi connectivity index (χ4v) is 4.08. The van der Waals surface area contributed by atoms with Gasteiger partial charge in [-0.2, -0.15) is 0 Å². The van der Waals surface area contributed by atoms with Gasteiger partial charge in [0, 0.05) is 6.04 Å². The SMILES string of the molecule is CCNC(C)c1ccccc1NS(=O)(=O)c1cccs1. The van der Waals surface area contributed by atoms with Crippen molar-refractivity contribution in [2.24, 2.45) is 0 Å². The van der Waals surface area contributed by atoms with E-state index in [-0.39, 0.29) is 6.04 Å². The van der Waals surface area contributed by atoms with Crippen LogP contribution in [0.25, 0.3) is 0 Å². The van der Waals surface area contributed by atoms with Crippen LogP contribution in [0.2, 0.25) is 0 Å². The van der Waals surface area contributed by atoms with Gasteiger partial charge in [-0.15, -0.1) is 11.3 Å². The Balaban J connectivity index is 2.30. The van der Waals surface area contributed by atoms with E-state index in [1.807, 2.05) is 32.0 Å². The molecule has 0 aliphatic rings. The first-order chi connectivity index (χ1) is 9.54. The summed E-state index contributed by atoms with van der Waals surface area (Å²) in [5.74, 6) is 0. The maximum absolute atomic E-state index is 12.3. The van der Waals surface area contributed by atoms with Gasteiger partial charge < -0.3 is 5.32 Å². The first-order valence-corrected chi connectivity index (χ1v) is 8.79. The standard InChI is InChI=1S/C14H18N2O2S2/c1-3-15-11(2)12-7-4-5-8-13(12)16-20(17,18)14-9-6-10-19-14/h4-11,15-16H,3H2,1-2H3. The van der Waals surface area contributed by atoms with Gasteiger partial charge in [0.1, 0.15) is 4.21 Å². The van der Waals surface area contributed by atoms with Gasteiger partial charge in [-0.25, -0.2) is 8.42 Å². The van der Waals surface area contributed by atoms with Crippen LogP contribution in [-0.2, 0) is 10.0 Å². The van der Waals surface area contributed by atoms with Crippen molar-refractivity contribution in [3.05, 3.63) is 47.3 Å². The Labute approximate surface area is 123 Å². The van der Waals surface area contributed by atoms with Gasteiger partial charge in [0.25, 0.3) is 10.0 Å². The van der Waals surface area contributed by atoms with Gasteiger partial charge in [0.2, 0.25) is 0 Å².